The van der Waals surface area contributed by atoms with Crippen LogP contribution >= 0.6 is 0 Å². The van der Waals surface area contributed by atoms with E-state index in [1.165, 1.54) is 32.1 Å². The van der Waals surface area contributed by atoms with Gasteiger partial charge in [-0.2, -0.15) is 0 Å². The summed E-state index contributed by atoms with van der Waals surface area (Å²) in [5.41, 5.74) is 0.396. The summed E-state index contributed by atoms with van der Waals surface area (Å²) in [5, 5.41) is 0. The van der Waals surface area contributed by atoms with Crippen LogP contribution < -0.4 is 0 Å². The number of carbonyl (C=O) groups excluding carboxylic acids is 1. The van der Waals surface area contributed by atoms with Crippen LogP contribution in [-0.2, 0) is 4.79 Å². The molecular formula is C11H18O. The Hall–Kier alpha value is -0.330. The first-order valence-corrected chi connectivity index (χ1v) is 5.22. The van der Waals surface area contributed by atoms with Crippen LogP contribution in [0.4, 0.5) is 0 Å². The Morgan fingerprint density at radius 3 is 3.00 bits per heavy atom. The van der Waals surface area contributed by atoms with Gasteiger partial charge < -0.3 is 0 Å². The van der Waals surface area contributed by atoms with Crippen molar-refractivity contribution < 1.29 is 4.79 Å². The minimum absolute atomic E-state index is 0.396. The van der Waals surface area contributed by atoms with Crippen LogP contribution in [0.1, 0.15) is 51.9 Å². The Labute approximate surface area is 74.5 Å². The minimum Gasteiger partial charge on any atom is -0.300 e. The van der Waals surface area contributed by atoms with Crippen LogP contribution in [0.5, 0.6) is 0 Å². The van der Waals surface area contributed by atoms with Crippen molar-refractivity contribution in [1.29, 1.82) is 0 Å². The van der Waals surface area contributed by atoms with Crippen molar-refractivity contribution in [3.63, 3.8) is 0 Å². The Morgan fingerprint density at radius 1 is 1.33 bits per heavy atom. The number of carbonyl (C=O) groups is 1. The summed E-state index contributed by atoms with van der Waals surface area (Å²) in [5.74, 6) is 1.37. The zero-order valence-corrected chi connectivity index (χ0v) is 7.94. The maximum atomic E-state index is 11.3. The SMILES string of the molecule is C[C@@]12CCCC[C@H]1CCC(=O)C2. The molecule has 0 aliphatic heterocycles. The van der Waals surface area contributed by atoms with E-state index in [0.29, 0.717) is 11.2 Å². The van der Waals surface area contributed by atoms with Crippen molar-refractivity contribution in [3.05, 3.63) is 0 Å². The van der Waals surface area contributed by atoms with Gasteiger partial charge >= 0.3 is 0 Å². The van der Waals surface area contributed by atoms with Crippen LogP contribution in [0.3, 0.4) is 0 Å². The average Bonchev–Trinajstić information content (AvgIpc) is 2.02. The van der Waals surface area contributed by atoms with Gasteiger partial charge in [-0.15, -0.1) is 0 Å². The largest absolute Gasteiger partial charge is 0.300 e. The van der Waals surface area contributed by atoms with Crippen LogP contribution in [-0.4, -0.2) is 5.78 Å². The first-order chi connectivity index (χ1) is 5.71. The lowest BCUT2D eigenvalue weighted by Gasteiger charge is -2.44. The summed E-state index contributed by atoms with van der Waals surface area (Å²) in [6.07, 6.45) is 8.33. The monoisotopic (exact) mass is 166 g/mol. The summed E-state index contributed by atoms with van der Waals surface area (Å²) in [6.45, 7) is 2.33. The second-order valence-electron chi connectivity index (χ2n) is 4.85. The van der Waals surface area contributed by atoms with Crippen molar-refractivity contribution in [2.45, 2.75) is 51.9 Å². The molecule has 0 radical (unpaired) electrons. The van der Waals surface area contributed by atoms with E-state index in [1.807, 2.05) is 0 Å². The topological polar surface area (TPSA) is 17.1 Å². The van der Waals surface area contributed by atoms with E-state index in [9.17, 15) is 4.79 Å². The van der Waals surface area contributed by atoms with E-state index in [-0.39, 0.29) is 0 Å². The maximum absolute atomic E-state index is 11.3. The maximum Gasteiger partial charge on any atom is 0.133 e. The average molecular weight is 166 g/mol. The third kappa shape index (κ3) is 1.30. The Kier molecular flexibility index (Phi) is 1.97. The van der Waals surface area contributed by atoms with Crippen molar-refractivity contribution in [1.82, 2.24) is 0 Å². The molecule has 0 aromatic heterocycles. The molecule has 1 nitrogen and oxygen atoms in total. The van der Waals surface area contributed by atoms with Gasteiger partial charge in [-0.25, -0.2) is 0 Å². The predicted molar refractivity (Wildman–Crippen MR) is 48.9 cm³/mol. The third-order valence-corrected chi connectivity index (χ3v) is 3.91. The number of ketones is 1. The van der Waals surface area contributed by atoms with Crippen molar-refractivity contribution in [2.75, 3.05) is 0 Å². The zero-order chi connectivity index (χ0) is 8.60. The standard InChI is InChI=1S/C11H18O/c1-11-7-3-2-4-9(11)5-6-10(12)8-11/h9H,2-8H2,1H3/t9-,11-/m0/s1. The minimum atomic E-state index is 0.396. The molecule has 2 rings (SSSR count). The van der Waals surface area contributed by atoms with Crippen molar-refractivity contribution >= 4 is 5.78 Å². The molecule has 0 amide bonds. The number of rotatable bonds is 0. The van der Waals surface area contributed by atoms with Crippen molar-refractivity contribution in [3.8, 4) is 0 Å². The third-order valence-electron chi connectivity index (χ3n) is 3.91. The molecule has 12 heavy (non-hydrogen) atoms. The highest BCUT2D eigenvalue weighted by atomic mass is 16.1. The predicted octanol–water partition coefficient (Wildman–Crippen LogP) is 2.94. The van der Waals surface area contributed by atoms with E-state index >= 15 is 0 Å². The van der Waals surface area contributed by atoms with Gasteiger partial charge in [-0.3, -0.25) is 4.79 Å². The fourth-order valence-corrected chi connectivity index (χ4v) is 3.07. The first kappa shape index (κ1) is 8.28. The van der Waals surface area contributed by atoms with Gasteiger partial charge in [0.25, 0.3) is 0 Å². The molecule has 68 valence electrons. The normalized spacial score (nSPS) is 42.4. The number of Topliss-reactive ketones (excluding diaryl/α,β-unsaturated/α-hetero) is 1. The van der Waals surface area contributed by atoms with E-state index in [2.05, 4.69) is 6.92 Å². The molecule has 1 heteroatoms. The van der Waals surface area contributed by atoms with E-state index in [1.54, 1.807) is 0 Å². The van der Waals surface area contributed by atoms with Gasteiger partial charge in [0.15, 0.2) is 0 Å². The molecule has 0 unspecified atom stereocenters. The smallest absolute Gasteiger partial charge is 0.133 e. The lowest BCUT2D eigenvalue weighted by Crippen LogP contribution is -2.37. The molecule has 0 heterocycles. The molecule has 0 N–H and O–H groups in total. The second kappa shape index (κ2) is 2.86. The summed E-state index contributed by atoms with van der Waals surface area (Å²) < 4.78 is 0. The summed E-state index contributed by atoms with van der Waals surface area (Å²) in [7, 11) is 0. The van der Waals surface area contributed by atoms with Gasteiger partial charge in [-0.1, -0.05) is 19.8 Å². The molecule has 0 bridgehead atoms. The van der Waals surface area contributed by atoms with E-state index in [4.69, 9.17) is 0 Å². The van der Waals surface area contributed by atoms with Gasteiger partial charge in [0, 0.05) is 12.8 Å². The van der Waals surface area contributed by atoms with E-state index < -0.39 is 0 Å². The molecule has 0 aromatic carbocycles. The Bertz CT molecular complexity index is 197. The van der Waals surface area contributed by atoms with E-state index in [0.717, 1.165) is 18.8 Å². The molecule has 2 aliphatic rings. The van der Waals surface area contributed by atoms with Gasteiger partial charge in [0.2, 0.25) is 0 Å². The lowest BCUT2D eigenvalue weighted by atomic mass is 9.60. The quantitative estimate of drug-likeness (QED) is 0.540. The number of hydrogen-bond acceptors (Lipinski definition) is 1. The molecule has 2 atom stereocenters. The summed E-state index contributed by atoms with van der Waals surface area (Å²) in [6, 6.07) is 0. The fraction of sp³-hybridized carbons (Fsp3) is 0.909. The van der Waals surface area contributed by atoms with Gasteiger partial charge in [0.1, 0.15) is 5.78 Å². The molecule has 0 saturated heterocycles. The number of fused-ring (bicyclic) bond motifs is 1. The molecule has 0 spiro atoms. The molecule has 2 saturated carbocycles. The number of hydrogen-bond donors (Lipinski definition) is 0. The zero-order valence-electron chi connectivity index (χ0n) is 7.94. The van der Waals surface area contributed by atoms with Crippen LogP contribution in [0.25, 0.3) is 0 Å². The lowest BCUT2D eigenvalue weighted by molar-refractivity contribution is -0.126. The highest BCUT2D eigenvalue weighted by molar-refractivity contribution is 5.80. The first-order valence-electron chi connectivity index (χ1n) is 5.22. The fourth-order valence-electron chi connectivity index (χ4n) is 3.07. The molecular weight excluding hydrogens is 148 g/mol. The highest BCUT2D eigenvalue weighted by Gasteiger charge is 2.40. The molecule has 0 aromatic rings. The Balaban J connectivity index is 2.12. The van der Waals surface area contributed by atoms with Crippen LogP contribution in [0.2, 0.25) is 0 Å². The van der Waals surface area contributed by atoms with Crippen LogP contribution in [0.15, 0.2) is 0 Å². The van der Waals surface area contributed by atoms with Gasteiger partial charge in [0.05, 0.1) is 0 Å². The summed E-state index contributed by atoms with van der Waals surface area (Å²) in [4.78, 5) is 11.3. The highest BCUT2D eigenvalue weighted by Crippen LogP contribution is 2.48. The summed E-state index contributed by atoms with van der Waals surface area (Å²) >= 11 is 0. The Morgan fingerprint density at radius 2 is 2.17 bits per heavy atom. The van der Waals surface area contributed by atoms with Crippen molar-refractivity contribution in [2.24, 2.45) is 11.3 Å². The second-order valence-corrected chi connectivity index (χ2v) is 4.85. The van der Waals surface area contributed by atoms with Gasteiger partial charge in [-0.05, 0) is 30.6 Å². The molecule has 2 fully saturated rings. The molecule has 2 aliphatic carbocycles. The van der Waals surface area contributed by atoms with Crippen LogP contribution in [0, 0.1) is 11.3 Å².